The van der Waals surface area contributed by atoms with Crippen molar-refractivity contribution < 1.29 is 19.2 Å². The molecule has 110 valence electrons. The molecule has 0 saturated carbocycles. The SMILES string of the molecule is CSc1cccc(C(=O)ON2C(=O)c3ccccc3C2=O)n1. The van der Waals surface area contributed by atoms with Crippen LogP contribution < -0.4 is 0 Å². The van der Waals surface area contributed by atoms with Gasteiger partial charge >= 0.3 is 5.97 Å². The first-order chi connectivity index (χ1) is 10.6. The minimum Gasteiger partial charge on any atom is -0.323 e. The predicted octanol–water partition coefficient (Wildman–Crippen LogP) is 2.17. The van der Waals surface area contributed by atoms with E-state index in [9.17, 15) is 14.4 Å². The first kappa shape index (κ1) is 14.3. The number of carbonyl (C=O) groups excluding carboxylic acids is 3. The van der Waals surface area contributed by atoms with Gasteiger partial charge in [0.25, 0.3) is 11.8 Å². The number of aromatic nitrogens is 1. The lowest BCUT2D eigenvalue weighted by molar-refractivity contribution is -0.0588. The number of hydrogen-bond donors (Lipinski definition) is 0. The van der Waals surface area contributed by atoms with Gasteiger partial charge in [-0.1, -0.05) is 23.3 Å². The van der Waals surface area contributed by atoms with Gasteiger partial charge in [-0.25, -0.2) is 9.78 Å². The summed E-state index contributed by atoms with van der Waals surface area (Å²) in [5.74, 6) is -2.17. The van der Waals surface area contributed by atoms with Gasteiger partial charge in [0.1, 0.15) is 0 Å². The van der Waals surface area contributed by atoms with Crippen LogP contribution in [-0.2, 0) is 4.84 Å². The third-order valence-electron chi connectivity index (χ3n) is 3.07. The Morgan fingerprint density at radius 2 is 1.68 bits per heavy atom. The number of amides is 2. The lowest BCUT2D eigenvalue weighted by atomic mass is 10.1. The van der Waals surface area contributed by atoms with E-state index in [1.165, 1.54) is 30.0 Å². The van der Waals surface area contributed by atoms with Crippen LogP contribution in [0.1, 0.15) is 31.2 Å². The van der Waals surface area contributed by atoms with Crippen molar-refractivity contribution in [1.82, 2.24) is 10.0 Å². The summed E-state index contributed by atoms with van der Waals surface area (Å²) < 4.78 is 0. The van der Waals surface area contributed by atoms with Gasteiger partial charge in [-0.3, -0.25) is 9.59 Å². The lowest BCUT2D eigenvalue weighted by Gasteiger charge is -2.12. The van der Waals surface area contributed by atoms with Crippen molar-refractivity contribution in [2.45, 2.75) is 5.03 Å². The third kappa shape index (κ3) is 2.35. The highest BCUT2D eigenvalue weighted by Gasteiger charge is 2.38. The molecule has 1 aliphatic rings. The maximum Gasteiger partial charge on any atom is 0.382 e. The Morgan fingerprint density at radius 1 is 1.05 bits per heavy atom. The summed E-state index contributed by atoms with van der Waals surface area (Å²) in [7, 11) is 0. The molecule has 1 aliphatic heterocycles. The lowest BCUT2D eigenvalue weighted by Crippen LogP contribution is -2.33. The summed E-state index contributed by atoms with van der Waals surface area (Å²) in [5, 5.41) is 1.11. The van der Waals surface area contributed by atoms with Crippen LogP contribution in [0.25, 0.3) is 0 Å². The molecule has 2 heterocycles. The first-order valence-corrected chi connectivity index (χ1v) is 7.55. The van der Waals surface area contributed by atoms with Gasteiger partial charge in [0, 0.05) is 0 Å². The number of hydroxylamine groups is 2. The highest BCUT2D eigenvalue weighted by atomic mass is 32.2. The molecular weight excluding hydrogens is 304 g/mol. The van der Waals surface area contributed by atoms with Crippen LogP contribution in [0.5, 0.6) is 0 Å². The van der Waals surface area contributed by atoms with E-state index in [0.717, 1.165) is 0 Å². The second-order valence-electron chi connectivity index (χ2n) is 4.39. The van der Waals surface area contributed by atoms with E-state index < -0.39 is 17.8 Å². The predicted molar refractivity (Wildman–Crippen MR) is 78.4 cm³/mol. The molecule has 0 unspecified atom stereocenters. The normalized spacial score (nSPS) is 13.2. The number of hydrogen-bond acceptors (Lipinski definition) is 6. The molecule has 0 atom stereocenters. The molecule has 0 saturated heterocycles. The van der Waals surface area contributed by atoms with E-state index in [2.05, 4.69) is 4.98 Å². The topological polar surface area (TPSA) is 76.6 Å². The summed E-state index contributed by atoms with van der Waals surface area (Å²) in [6.45, 7) is 0. The van der Waals surface area contributed by atoms with Gasteiger partial charge in [0.05, 0.1) is 16.2 Å². The van der Waals surface area contributed by atoms with E-state index >= 15 is 0 Å². The van der Waals surface area contributed by atoms with Crippen molar-refractivity contribution in [1.29, 1.82) is 0 Å². The Labute approximate surface area is 130 Å². The molecule has 7 heteroatoms. The Kier molecular flexibility index (Phi) is 3.64. The van der Waals surface area contributed by atoms with Crippen LogP contribution >= 0.6 is 11.8 Å². The zero-order valence-corrected chi connectivity index (χ0v) is 12.3. The number of thioether (sulfide) groups is 1. The average Bonchev–Trinajstić information content (AvgIpc) is 2.80. The molecule has 0 aliphatic carbocycles. The van der Waals surface area contributed by atoms with E-state index in [1.807, 2.05) is 6.26 Å². The maximum atomic E-state index is 12.1. The van der Waals surface area contributed by atoms with E-state index in [0.29, 0.717) is 10.1 Å². The molecule has 6 nitrogen and oxygen atoms in total. The molecule has 2 amide bonds. The monoisotopic (exact) mass is 314 g/mol. The number of nitrogens with zero attached hydrogens (tertiary/aromatic N) is 2. The molecule has 0 radical (unpaired) electrons. The van der Waals surface area contributed by atoms with Gasteiger partial charge in [-0.15, -0.1) is 11.8 Å². The van der Waals surface area contributed by atoms with Crippen molar-refractivity contribution >= 4 is 29.5 Å². The van der Waals surface area contributed by atoms with Crippen molar-refractivity contribution in [3.8, 4) is 0 Å². The van der Waals surface area contributed by atoms with E-state index in [4.69, 9.17) is 4.84 Å². The maximum absolute atomic E-state index is 12.1. The van der Waals surface area contributed by atoms with Crippen LogP contribution in [0.3, 0.4) is 0 Å². The Bertz CT molecular complexity index is 756. The number of pyridine rings is 1. The molecular formula is C15H10N2O4S. The van der Waals surface area contributed by atoms with E-state index in [1.54, 1.807) is 24.3 Å². The standard InChI is InChI=1S/C15H10N2O4S/c1-22-12-8-4-7-11(16-12)15(20)21-17-13(18)9-5-2-3-6-10(9)14(17)19/h2-8H,1H3. The molecule has 2 aromatic rings. The van der Waals surface area contributed by atoms with Gasteiger partial charge in [0.15, 0.2) is 5.69 Å². The van der Waals surface area contributed by atoms with Gasteiger partial charge in [-0.05, 0) is 30.5 Å². The van der Waals surface area contributed by atoms with Gasteiger partial charge in [-0.2, -0.15) is 0 Å². The van der Waals surface area contributed by atoms with Crippen molar-refractivity contribution in [3.05, 3.63) is 59.3 Å². The molecule has 3 rings (SSSR count). The fraction of sp³-hybridized carbons (Fsp3) is 0.0667. The van der Waals surface area contributed by atoms with Crippen LogP contribution in [0.4, 0.5) is 0 Å². The van der Waals surface area contributed by atoms with Crippen molar-refractivity contribution in [3.63, 3.8) is 0 Å². The number of carbonyl (C=O) groups is 3. The van der Waals surface area contributed by atoms with Crippen molar-refractivity contribution in [2.24, 2.45) is 0 Å². The molecule has 0 N–H and O–H groups in total. The second kappa shape index (κ2) is 5.61. The summed E-state index contributed by atoms with van der Waals surface area (Å²) in [5.41, 5.74) is 0.459. The molecule has 0 spiro atoms. The average molecular weight is 314 g/mol. The number of imide groups is 1. The van der Waals surface area contributed by atoms with Crippen LogP contribution in [0.2, 0.25) is 0 Å². The fourth-order valence-electron chi connectivity index (χ4n) is 2.02. The third-order valence-corrected chi connectivity index (χ3v) is 3.72. The van der Waals surface area contributed by atoms with E-state index in [-0.39, 0.29) is 16.8 Å². The highest BCUT2D eigenvalue weighted by molar-refractivity contribution is 7.98. The summed E-state index contributed by atoms with van der Waals surface area (Å²) in [4.78, 5) is 45.3. The highest BCUT2D eigenvalue weighted by Crippen LogP contribution is 2.23. The zero-order valence-electron chi connectivity index (χ0n) is 11.5. The van der Waals surface area contributed by atoms with Crippen molar-refractivity contribution in [2.75, 3.05) is 6.26 Å². The first-order valence-electron chi connectivity index (χ1n) is 6.33. The summed E-state index contributed by atoms with van der Waals surface area (Å²) in [6.07, 6.45) is 1.82. The zero-order chi connectivity index (χ0) is 15.7. The minimum atomic E-state index is -0.856. The number of fused-ring (bicyclic) bond motifs is 1. The second-order valence-corrected chi connectivity index (χ2v) is 5.22. The Morgan fingerprint density at radius 3 is 2.27 bits per heavy atom. The van der Waals surface area contributed by atoms with Crippen LogP contribution in [0, 0.1) is 0 Å². The molecule has 1 aromatic heterocycles. The number of rotatable bonds is 3. The quantitative estimate of drug-likeness (QED) is 0.638. The number of benzene rings is 1. The smallest absolute Gasteiger partial charge is 0.323 e. The molecule has 1 aromatic carbocycles. The van der Waals surface area contributed by atoms with Crippen LogP contribution in [-0.4, -0.2) is 34.1 Å². The van der Waals surface area contributed by atoms with Gasteiger partial charge < -0.3 is 4.84 Å². The molecule has 0 fully saturated rings. The van der Waals surface area contributed by atoms with Gasteiger partial charge in [0.2, 0.25) is 0 Å². The summed E-state index contributed by atoms with van der Waals surface area (Å²) in [6, 6.07) is 11.1. The minimum absolute atomic E-state index is 0.0309. The van der Waals surface area contributed by atoms with Crippen LogP contribution in [0.15, 0.2) is 47.5 Å². The fourth-order valence-corrected chi connectivity index (χ4v) is 2.43. The largest absolute Gasteiger partial charge is 0.382 e. The Hall–Kier alpha value is -2.67. The molecule has 0 bridgehead atoms. The molecule has 22 heavy (non-hydrogen) atoms. The Balaban J connectivity index is 1.84. The summed E-state index contributed by atoms with van der Waals surface area (Å²) >= 11 is 1.37.